The molecule has 0 bridgehead atoms. The monoisotopic (exact) mass is 205 g/mol. The predicted octanol–water partition coefficient (Wildman–Crippen LogP) is 2.91. The van der Waals surface area contributed by atoms with E-state index in [1.165, 1.54) is 0 Å². The van der Waals surface area contributed by atoms with Crippen LogP contribution in [-0.2, 0) is 4.79 Å². The molecule has 0 aliphatic heterocycles. The summed E-state index contributed by atoms with van der Waals surface area (Å²) >= 11 is 0. The lowest BCUT2D eigenvalue weighted by atomic mass is 10.1. The van der Waals surface area contributed by atoms with Crippen molar-refractivity contribution in [3.05, 3.63) is 35.9 Å². The zero-order valence-electron chi connectivity index (χ0n) is 9.66. The standard InChI is InChI=1S/C13H19NO/c1-4-10(2)13(15)14-11(3)12-8-6-5-7-9-12/h5-11H,4H2,1-3H3,(H,14,15)/t10-,11+/m1/s1. The van der Waals surface area contributed by atoms with Crippen molar-refractivity contribution in [3.63, 3.8) is 0 Å². The summed E-state index contributed by atoms with van der Waals surface area (Å²) in [5.74, 6) is 0.227. The van der Waals surface area contributed by atoms with Crippen LogP contribution in [0.15, 0.2) is 30.3 Å². The molecular formula is C13H19NO. The van der Waals surface area contributed by atoms with Crippen LogP contribution in [0.1, 0.15) is 38.8 Å². The largest absolute Gasteiger partial charge is 0.349 e. The Morgan fingerprint density at radius 3 is 2.40 bits per heavy atom. The molecule has 0 spiro atoms. The van der Waals surface area contributed by atoms with Gasteiger partial charge in [0.05, 0.1) is 6.04 Å². The Balaban J connectivity index is 2.56. The van der Waals surface area contributed by atoms with Gasteiger partial charge in [-0.3, -0.25) is 4.79 Å². The SMILES string of the molecule is CC[C@@H](C)C(=O)N[C@@H](C)c1ccccc1. The second-order valence-electron chi connectivity index (χ2n) is 3.95. The van der Waals surface area contributed by atoms with Gasteiger partial charge in [0.1, 0.15) is 0 Å². The maximum atomic E-state index is 11.6. The number of rotatable bonds is 4. The first-order valence-electron chi connectivity index (χ1n) is 5.50. The molecule has 1 aromatic rings. The highest BCUT2D eigenvalue weighted by Crippen LogP contribution is 2.12. The Morgan fingerprint density at radius 2 is 1.87 bits per heavy atom. The maximum absolute atomic E-state index is 11.6. The van der Waals surface area contributed by atoms with E-state index < -0.39 is 0 Å². The molecule has 0 heterocycles. The normalized spacial score (nSPS) is 14.3. The first-order valence-corrected chi connectivity index (χ1v) is 5.50. The fourth-order valence-electron chi connectivity index (χ4n) is 1.37. The molecule has 2 heteroatoms. The third-order valence-corrected chi connectivity index (χ3v) is 2.72. The van der Waals surface area contributed by atoms with Crippen LogP contribution in [0.3, 0.4) is 0 Å². The molecule has 0 aliphatic rings. The lowest BCUT2D eigenvalue weighted by Crippen LogP contribution is -2.31. The fourth-order valence-corrected chi connectivity index (χ4v) is 1.37. The fraction of sp³-hybridized carbons (Fsp3) is 0.462. The van der Waals surface area contributed by atoms with Gasteiger partial charge in [0.15, 0.2) is 0 Å². The summed E-state index contributed by atoms with van der Waals surface area (Å²) in [7, 11) is 0. The molecule has 0 saturated heterocycles. The highest BCUT2D eigenvalue weighted by atomic mass is 16.1. The minimum atomic E-state index is 0.0905. The van der Waals surface area contributed by atoms with Crippen LogP contribution in [0.25, 0.3) is 0 Å². The van der Waals surface area contributed by atoms with Crippen LogP contribution in [0.5, 0.6) is 0 Å². The summed E-state index contributed by atoms with van der Waals surface area (Å²) in [5, 5.41) is 3.01. The number of amides is 1. The highest BCUT2D eigenvalue weighted by molar-refractivity contribution is 5.78. The number of nitrogens with one attached hydrogen (secondary N) is 1. The second-order valence-corrected chi connectivity index (χ2v) is 3.95. The van der Waals surface area contributed by atoms with Gasteiger partial charge in [-0.05, 0) is 18.9 Å². The molecule has 15 heavy (non-hydrogen) atoms. The van der Waals surface area contributed by atoms with Crippen molar-refractivity contribution in [1.82, 2.24) is 5.32 Å². The van der Waals surface area contributed by atoms with Crippen molar-refractivity contribution in [2.45, 2.75) is 33.2 Å². The van der Waals surface area contributed by atoms with Crippen molar-refractivity contribution < 1.29 is 4.79 Å². The molecular weight excluding hydrogens is 186 g/mol. The first kappa shape index (κ1) is 11.8. The number of benzene rings is 1. The van der Waals surface area contributed by atoms with E-state index in [0.29, 0.717) is 0 Å². The Bertz CT molecular complexity index is 308. The Hall–Kier alpha value is -1.31. The van der Waals surface area contributed by atoms with Crippen LogP contribution in [0.2, 0.25) is 0 Å². The Kier molecular flexibility index (Phi) is 4.35. The third-order valence-electron chi connectivity index (χ3n) is 2.72. The average molecular weight is 205 g/mol. The van der Waals surface area contributed by atoms with Crippen molar-refractivity contribution in [3.8, 4) is 0 Å². The van der Waals surface area contributed by atoms with Gasteiger partial charge in [-0.15, -0.1) is 0 Å². The van der Waals surface area contributed by atoms with E-state index in [0.717, 1.165) is 12.0 Å². The van der Waals surface area contributed by atoms with Crippen LogP contribution in [0, 0.1) is 5.92 Å². The van der Waals surface area contributed by atoms with Crippen molar-refractivity contribution in [2.24, 2.45) is 5.92 Å². The van der Waals surface area contributed by atoms with Gasteiger partial charge in [0.2, 0.25) is 5.91 Å². The molecule has 2 nitrogen and oxygen atoms in total. The predicted molar refractivity (Wildman–Crippen MR) is 62.5 cm³/mol. The summed E-state index contributed by atoms with van der Waals surface area (Å²) in [6.07, 6.45) is 0.882. The smallest absolute Gasteiger partial charge is 0.223 e. The zero-order chi connectivity index (χ0) is 11.3. The quantitative estimate of drug-likeness (QED) is 0.804. The summed E-state index contributed by atoms with van der Waals surface area (Å²) in [6.45, 7) is 5.99. The molecule has 0 aromatic heterocycles. The molecule has 82 valence electrons. The van der Waals surface area contributed by atoms with Crippen LogP contribution < -0.4 is 5.32 Å². The molecule has 0 unspecified atom stereocenters. The second kappa shape index (κ2) is 5.54. The summed E-state index contributed by atoms with van der Waals surface area (Å²) in [5.41, 5.74) is 1.15. The van der Waals surface area contributed by atoms with Gasteiger partial charge in [-0.2, -0.15) is 0 Å². The number of carbonyl (C=O) groups is 1. The van der Waals surface area contributed by atoms with Gasteiger partial charge < -0.3 is 5.32 Å². The molecule has 1 amide bonds. The van der Waals surface area contributed by atoms with Crippen LogP contribution >= 0.6 is 0 Å². The minimum Gasteiger partial charge on any atom is -0.349 e. The summed E-state index contributed by atoms with van der Waals surface area (Å²) < 4.78 is 0. The van der Waals surface area contributed by atoms with E-state index in [-0.39, 0.29) is 17.9 Å². The van der Waals surface area contributed by atoms with Gasteiger partial charge in [-0.25, -0.2) is 0 Å². The lowest BCUT2D eigenvalue weighted by molar-refractivity contribution is -0.125. The Morgan fingerprint density at radius 1 is 1.27 bits per heavy atom. The summed E-state index contributed by atoms with van der Waals surface area (Å²) in [6, 6.07) is 10.1. The summed E-state index contributed by atoms with van der Waals surface area (Å²) in [4.78, 5) is 11.6. The van der Waals surface area contributed by atoms with E-state index in [2.05, 4.69) is 5.32 Å². The third kappa shape index (κ3) is 3.39. The number of hydrogen-bond donors (Lipinski definition) is 1. The van der Waals surface area contributed by atoms with Gasteiger partial charge in [-0.1, -0.05) is 44.2 Å². The van der Waals surface area contributed by atoms with E-state index >= 15 is 0 Å². The lowest BCUT2D eigenvalue weighted by Gasteiger charge is -2.16. The molecule has 2 atom stereocenters. The Labute approximate surface area is 91.7 Å². The molecule has 0 saturated carbocycles. The molecule has 0 radical (unpaired) electrons. The maximum Gasteiger partial charge on any atom is 0.223 e. The number of hydrogen-bond acceptors (Lipinski definition) is 1. The molecule has 0 aliphatic carbocycles. The van der Waals surface area contributed by atoms with Crippen molar-refractivity contribution in [2.75, 3.05) is 0 Å². The highest BCUT2D eigenvalue weighted by Gasteiger charge is 2.13. The molecule has 1 aromatic carbocycles. The van der Waals surface area contributed by atoms with Crippen molar-refractivity contribution in [1.29, 1.82) is 0 Å². The average Bonchev–Trinajstić information content (AvgIpc) is 2.29. The van der Waals surface area contributed by atoms with Gasteiger partial charge >= 0.3 is 0 Å². The first-order chi connectivity index (χ1) is 7.15. The van der Waals surface area contributed by atoms with Crippen molar-refractivity contribution >= 4 is 5.91 Å². The molecule has 1 N–H and O–H groups in total. The minimum absolute atomic E-state index is 0.0905. The van der Waals surface area contributed by atoms with Gasteiger partial charge in [0.25, 0.3) is 0 Å². The van der Waals surface area contributed by atoms with E-state index in [9.17, 15) is 4.79 Å². The van der Waals surface area contributed by atoms with Crippen LogP contribution in [0.4, 0.5) is 0 Å². The number of carbonyl (C=O) groups excluding carboxylic acids is 1. The van der Waals surface area contributed by atoms with E-state index in [1.54, 1.807) is 0 Å². The van der Waals surface area contributed by atoms with E-state index in [1.807, 2.05) is 51.1 Å². The zero-order valence-corrected chi connectivity index (χ0v) is 9.66. The van der Waals surface area contributed by atoms with E-state index in [4.69, 9.17) is 0 Å². The molecule has 0 fully saturated rings. The topological polar surface area (TPSA) is 29.1 Å². The van der Waals surface area contributed by atoms with Crippen LogP contribution in [-0.4, -0.2) is 5.91 Å². The van der Waals surface area contributed by atoms with Gasteiger partial charge in [0, 0.05) is 5.92 Å². The molecule has 1 rings (SSSR count).